The predicted octanol–water partition coefficient (Wildman–Crippen LogP) is 2.72. The largest absolute Gasteiger partial charge is 0.379 e. The quantitative estimate of drug-likeness (QED) is 0.594. The summed E-state index contributed by atoms with van der Waals surface area (Å²) in [7, 11) is 0. The topological polar surface area (TPSA) is 15.7 Å². The van der Waals surface area contributed by atoms with E-state index in [1.807, 2.05) is 18.2 Å². The molecule has 3 nitrogen and oxygen atoms in total. The van der Waals surface area contributed by atoms with Crippen LogP contribution >= 0.6 is 23.2 Å². The molecule has 1 aliphatic rings. The van der Waals surface area contributed by atoms with Crippen molar-refractivity contribution in [1.29, 1.82) is 0 Å². The first kappa shape index (κ1) is 14.9. The van der Waals surface area contributed by atoms with Gasteiger partial charge >= 0.3 is 0 Å². The van der Waals surface area contributed by atoms with Gasteiger partial charge in [-0.15, -0.1) is 11.6 Å². The van der Waals surface area contributed by atoms with E-state index in [1.165, 1.54) is 5.69 Å². The Morgan fingerprint density at radius 1 is 1.11 bits per heavy atom. The number of piperazine rings is 1. The van der Waals surface area contributed by atoms with Gasteiger partial charge in [-0.2, -0.15) is 0 Å². The smallest absolute Gasteiger partial charge is 0.0602 e. The lowest BCUT2D eigenvalue weighted by Gasteiger charge is -2.36. The molecule has 106 valence electrons. The second-order valence-corrected chi connectivity index (χ2v) is 5.42. The van der Waals surface area contributed by atoms with Crippen LogP contribution in [0, 0.1) is 0 Å². The highest BCUT2D eigenvalue weighted by Gasteiger charge is 2.16. The van der Waals surface area contributed by atoms with Gasteiger partial charge in [-0.25, -0.2) is 0 Å². The minimum atomic E-state index is 0.572. The van der Waals surface area contributed by atoms with Crippen LogP contribution in [0.25, 0.3) is 0 Å². The molecule has 19 heavy (non-hydrogen) atoms. The number of hydrogen-bond acceptors (Lipinski definition) is 3. The molecule has 1 heterocycles. The molecule has 1 aromatic rings. The third-order valence-electron chi connectivity index (χ3n) is 3.32. The molecule has 2 rings (SSSR count). The Labute approximate surface area is 125 Å². The third-order valence-corrected chi connectivity index (χ3v) is 3.71. The van der Waals surface area contributed by atoms with Crippen LogP contribution in [0.3, 0.4) is 0 Å². The molecule has 1 fully saturated rings. The monoisotopic (exact) mass is 302 g/mol. The number of halogens is 2. The number of alkyl halides is 1. The van der Waals surface area contributed by atoms with Crippen LogP contribution in [0.15, 0.2) is 24.3 Å². The lowest BCUT2D eigenvalue weighted by atomic mass is 10.2. The summed E-state index contributed by atoms with van der Waals surface area (Å²) < 4.78 is 5.41. The van der Waals surface area contributed by atoms with Crippen LogP contribution in [-0.4, -0.2) is 56.7 Å². The summed E-state index contributed by atoms with van der Waals surface area (Å²) in [6, 6.07) is 8.06. The van der Waals surface area contributed by atoms with Crippen LogP contribution in [0.1, 0.15) is 0 Å². The van der Waals surface area contributed by atoms with Crippen LogP contribution in [0.2, 0.25) is 5.02 Å². The molecule has 0 bridgehead atoms. The summed E-state index contributed by atoms with van der Waals surface area (Å²) in [6.07, 6.45) is 0. The first-order chi connectivity index (χ1) is 9.29. The Kier molecular flexibility index (Phi) is 6.24. The van der Waals surface area contributed by atoms with Crippen molar-refractivity contribution in [2.75, 3.05) is 56.7 Å². The zero-order valence-electron chi connectivity index (χ0n) is 11.0. The molecule has 1 aliphatic heterocycles. The Hall–Kier alpha value is -0.480. The Bertz CT molecular complexity index is 381. The van der Waals surface area contributed by atoms with Crippen molar-refractivity contribution in [3.05, 3.63) is 29.3 Å². The van der Waals surface area contributed by atoms with Crippen LogP contribution in [0.5, 0.6) is 0 Å². The van der Waals surface area contributed by atoms with Gasteiger partial charge in [0.05, 0.1) is 13.2 Å². The van der Waals surface area contributed by atoms with E-state index in [-0.39, 0.29) is 0 Å². The first-order valence-corrected chi connectivity index (χ1v) is 7.57. The van der Waals surface area contributed by atoms with E-state index in [1.54, 1.807) is 0 Å². The number of benzene rings is 1. The summed E-state index contributed by atoms with van der Waals surface area (Å²) in [6.45, 7) is 6.60. The van der Waals surface area contributed by atoms with Gasteiger partial charge in [-0.05, 0) is 18.2 Å². The second-order valence-electron chi connectivity index (χ2n) is 4.61. The van der Waals surface area contributed by atoms with Gasteiger partial charge in [0.25, 0.3) is 0 Å². The zero-order valence-corrected chi connectivity index (χ0v) is 12.5. The van der Waals surface area contributed by atoms with Gasteiger partial charge in [0, 0.05) is 49.3 Å². The Morgan fingerprint density at radius 3 is 2.58 bits per heavy atom. The molecule has 0 saturated carbocycles. The van der Waals surface area contributed by atoms with Crippen molar-refractivity contribution in [3.8, 4) is 0 Å². The molecular formula is C14H20Cl2N2O. The summed E-state index contributed by atoms with van der Waals surface area (Å²) in [5, 5.41) is 0.800. The molecule has 0 aromatic heterocycles. The lowest BCUT2D eigenvalue weighted by Crippen LogP contribution is -2.47. The minimum absolute atomic E-state index is 0.572. The minimum Gasteiger partial charge on any atom is -0.379 e. The normalized spacial score (nSPS) is 16.8. The lowest BCUT2D eigenvalue weighted by molar-refractivity contribution is 0.112. The van der Waals surface area contributed by atoms with Gasteiger partial charge in [-0.3, -0.25) is 4.90 Å². The van der Waals surface area contributed by atoms with E-state index in [0.29, 0.717) is 12.5 Å². The molecule has 0 unspecified atom stereocenters. The standard InChI is InChI=1S/C14H20Cl2N2O/c15-4-10-19-11-9-17-5-7-18(8-6-17)14-3-1-2-13(16)12-14/h1-3,12H,4-11H2. The highest BCUT2D eigenvalue weighted by Crippen LogP contribution is 2.20. The van der Waals surface area contributed by atoms with E-state index in [4.69, 9.17) is 27.9 Å². The maximum Gasteiger partial charge on any atom is 0.0602 e. The van der Waals surface area contributed by atoms with Crippen molar-refractivity contribution < 1.29 is 4.74 Å². The molecule has 1 aromatic carbocycles. The molecule has 0 N–H and O–H groups in total. The van der Waals surface area contributed by atoms with Gasteiger partial charge in [0.15, 0.2) is 0 Å². The van der Waals surface area contributed by atoms with E-state index >= 15 is 0 Å². The van der Waals surface area contributed by atoms with Gasteiger partial charge < -0.3 is 9.64 Å². The molecule has 0 spiro atoms. The van der Waals surface area contributed by atoms with E-state index in [2.05, 4.69) is 15.9 Å². The first-order valence-electron chi connectivity index (χ1n) is 6.66. The number of rotatable bonds is 6. The van der Waals surface area contributed by atoms with E-state index in [0.717, 1.165) is 44.4 Å². The Balaban J connectivity index is 1.73. The SMILES string of the molecule is ClCCOCCN1CCN(c2cccc(Cl)c2)CC1. The van der Waals surface area contributed by atoms with Crippen LogP contribution in [-0.2, 0) is 4.74 Å². The summed E-state index contributed by atoms with van der Waals surface area (Å²) >= 11 is 11.6. The maximum absolute atomic E-state index is 6.03. The van der Waals surface area contributed by atoms with Crippen LogP contribution < -0.4 is 4.90 Å². The molecule has 5 heteroatoms. The highest BCUT2D eigenvalue weighted by molar-refractivity contribution is 6.30. The maximum atomic E-state index is 6.03. The fourth-order valence-corrected chi connectivity index (χ4v) is 2.55. The van der Waals surface area contributed by atoms with E-state index in [9.17, 15) is 0 Å². The zero-order chi connectivity index (χ0) is 13.5. The van der Waals surface area contributed by atoms with Gasteiger partial charge in [-0.1, -0.05) is 17.7 Å². The number of ether oxygens (including phenoxy) is 1. The molecule has 0 radical (unpaired) electrons. The highest BCUT2D eigenvalue weighted by atomic mass is 35.5. The van der Waals surface area contributed by atoms with Crippen molar-refractivity contribution in [2.45, 2.75) is 0 Å². The number of nitrogens with zero attached hydrogens (tertiary/aromatic N) is 2. The number of anilines is 1. The summed E-state index contributed by atoms with van der Waals surface area (Å²) in [5.74, 6) is 0.572. The Morgan fingerprint density at radius 2 is 1.89 bits per heavy atom. The van der Waals surface area contributed by atoms with Crippen molar-refractivity contribution >= 4 is 28.9 Å². The second kappa shape index (κ2) is 7.95. The molecule has 0 amide bonds. The predicted molar refractivity (Wildman–Crippen MR) is 81.6 cm³/mol. The fraction of sp³-hybridized carbons (Fsp3) is 0.571. The fourth-order valence-electron chi connectivity index (χ4n) is 2.25. The average Bonchev–Trinajstić information content (AvgIpc) is 2.44. The van der Waals surface area contributed by atoms with Gasteiger partial charge in [0.2, 0.25) is 0 Å². The summed E-state index contributed by atoms with van der Waals surface area (Å²) in [4.78, 5) is 4.80. The molecule has 0 atom stereocenters. The number of hydrogen-bond donors (Lipinski definition) is 0. The molecular weight excluding hydrogens is 283 g/mol. The van der Waals surface area contributed by atoms with Crippen molar-refractivity contribution in [2.24, 2.45) is 0 Å². The average molecular weight is 303 g/mol. The molecule has 1 saturated heterocycles. The van der Waals surface area contributed by atoms with Gasteiger partial charge in [0.1, 0.15) is 0 Å². The van der Waals surface area contributed by atoms with Crippen molar-refractivity contribution in [3.63, 3.8) is 0 Å². The van der Waals surface area contributed by atoms with E-state index < -0.39 is 0 Å². The third kappa shape index (κ3) is 4.84. The summed E-state index contributed by atoms with van der Waals surface area (Å²) in [5.41, 5.74) is 1.21. The van der Waals surface area contributed by atoms with Crippen LogP contribution in [0.4, 0.5) is 5.69 Å². The van der Waals surface area contributed by atoms with Crippen molar-refractivity contribution in [1.82, 2.24) is 4.90 Å². The molecule has 0 aliphatic carbocycles.